The molecule has 4 heteroatoms. The van der Waals surface area contributed by atoms with Crippen LogP contribution in [0.25, 0.3) is 0 Å². The largest absolute Gasteiger partial charge is 0.379 e. The first kappa shape index (κ1) is 9.71. The predicted molar refractivity (Wildman–Crippen MR) is 56.9 cm³/mol. The normalized spacial score (nSPS) is 10.3. The molecule has 0 saturated carbocycles. The van der Waals surface area contributed by atoms with E-state index in [1.807, 2.05) is 25.4 Å². The Hall–Kier alpha value is -1.84. The summed E-state index contributed by atoms with van der Waals surface area (Å²) in [6.45, 7) is 0.601. The van der Waals surface area contributed by atoms with E-state index in [0.29, 0.717) is 6.54 Å². The molecule has 2 aromatic rings. The maximum Gasteiger partial charge on any atom is 0.125 e. The zero-order valence-electron chi connectivity index (χ0n) is 8.44. The third-order valence-corrected chi connectivity index (χ3v) is 2.07. The van der Waals surface area contributed by atoms with Gasteiger partial charge < -0.3 is 5.32 Å². The molecule has 0 aliphatic rings. The molecule has 1 heterocycles. The van der Waals surface area contributed by atoms with Gasteiger partial charge in [-0.3, -0.25) is 4.68 Å². The number of nitrogens with one attached hydrogen (secondary N) is 1. The van der Waals surface area contributed by atoms with E-state index in [0.717, 1.165) is 11.4 Å². The Bertz CT molecular complexity index is 451. The molecule has 0 aliphatic heterocycles. The third kappa shape index (κ3) is 2.56. The van der Waals surface area contributed by atoms with Crippen LogP contribution in [0, 0.1) is 5.82 Å². The molecule has 2 rings (SSSR count). The van der Waals surface area contributed by atoms with E-state index in [1.165, 1.54) is 12.1 Å². The monoisotopic (exact) mass is 205 g/mol. The number of rotatable bonds is 3. The predicted octanol–water partition coefficient (Wildman–Crippen LogP) is 2.17. The van der Waals surface area contributed by atoms with E-state index in [2.05, 4.69) is 10.4 Å². The summed E-state index contributed by atoms with van der Waals surface area (Å²) < 4.78 is 14.6. The molecule has 0 atom stereocenters. The zero-order chi connectivity index (χ0) is 10.7. The topological polar surface area (TPSA) is 29.9 Å². The minimum atomic E-state index is -0.235. The smallest absolute Gasteiger partial charge is 0.125 e. The van der Waals surface area contributed by atoms with Gasteiger partial charge in [-0.1, -0.05) is 6.07 Å². The van der Waals surface area contributed by atoms with Gasteiger partial charge >= 0.3 is 0 Å². The zero-order valence-corrected chi connectivity index (χ0v) is 8.44. The standard InChI is InChI=1S/C11H12FN3/c1-15-6-5-11(14-15)8-13-10-4-2-3-9(12)7-10/h2-7,13H,8H2,1H3. The van der Waals surface area contributed by atoms with Crippen LogP contribution >= 0.6 is 0 Å². The fourth-order valence-electron chi connectivity index (χ4n) is 1.35. The van der Waals surface area contributed by atoms with Crippen LogP contribution in [-0.4, -0.2) is 9.78 Å². The van der Waals surface area contributed by atoms with E-state index < -0.39 is 0 Å². The molecule has 3 nitrogen and oxygen atoms in total. The number of anilines is 1. The maximum atomic E-state index is 12.8. The van der Waals surface area contributed by atoms with Gasteiger partial charge in [0.15, 0.2) is 0 Å². The molecule has 1 aromatic carbocycles. The summed E-state index contributed by atoms with van der Waals surface area (Å²) in [4.78, 5) is 0. The Morgan fingerprint density at radius 2 is 2.27 bits per heavy atom. The van der Waals surface area contributed by atoms with Crippen molar-refractivity contribution in [3.8, 4) is 0 Å². The Balaban J connectivity index is 1.99. The van der Waals surface area contributed by atoms with Crippen molar-refractivity contribution in [2.75, 3.05) is 5.32 Å². The average molecular weight is 205 g/mol. The van der Waals surface area contributed by atoms with E-state index in [9.17, 15) is 4.39 Å². The van der Waals surface area contributed by atoms with Crippen molar-refractivity contribution in [2.45, 2.75) is 6.54 Å². The molecule has 0 radical (unpaired) electrons. The SMILES string of the molecule is Cn1ccc(CNc2cccc(F)c2)n1. The second-order valence-corrected chi connectivity index (χ2v) is 3.34. The number of nitrogens with zero attached hydrogens (tertiary/aromatic N) is 2. The second kappa shape index (κ2) is 4.13. The first-order valence-corrected chi connectivity index (χ1v) is 4.72. The number of hydrogen-bond donors (Lipinski definition) is 1. The summed E-state index contributed by atoms with van der Waals surface area (Å²) in [5.41, 5.74) is 1.70. The number of halogens is 1. The van der Waals surface area contributed by atoms with Crippen LogP contribution in [0.15, 0.2) is 36.5 Å². The van der Waals surface area contributed by atoms with Gasteiger partial charge in [-0.25, -0.2) is 4.39 Å². The van der Waals surface area contributed by atoms with Crippen LogP contribution in [0.1, 0.15) is 5.69 Å². The molecular weight excluding hydrogens is 193 g/mol. The van der Waals surface area contributed by atoms with Gasteiger partial charge in [0.1, 0.15) is 5.82 Å². The van der Waals surface area contributed by atoms with Crippen LogP contribution in [0.4, 0.5) is 10.1 Å². The summed E-state index contributed by atoms with van der Waals surface area (Å²) in [6, 6.07) is 8.31. The number of aromatic nitrogens is 2. The van der Waals surface area contributed by atoms with Gasteiger partial charge in [-0.15, -0.1) is 0 Å². The Morgan fingerprint density at radius 3 is 2.93 bits per heavy atom. The highest BCUT2D eigenvalue weighted by Gasteiger charge is 1.97. The Morgan fingerprint density at radius 1 is 1.40 bits per heavy atom. The van der Waals surface area contributed by atoms with Crippen LogP contribution in [0.5, 0.6) is 0 Å². The molecule has 15 heavy (non-hydrogen) atoms. The van der Waals surface area contributed by atoms with Crippen LogP contribution in [0.3, 0.4) is 0 Å². The van der Waals surface area contributed by atoms with Crippen LogP contribution in [0.2, 0.25) is 0 Å². The fourth-order valence-corrected chi connectivity index (χ4v) is 1.35. The summed E-state index contributed by atoms with van der Waals surface area (Å²) in [6.07, 6.45) is 1.88. The van der Waals surface area contributed by atoms with E-state index >= 15 is 0 Å². The molecule has 0 bridgehead atoms. The van der Waals surface area contributed by atoms with E-state index in [4.69, 9.17) is 0 Å². The Labute approximate surface area is 87.5 Å². The van der Waals surface area contributed by atoms with Gasteiger partial charge in [0, 0.05) is 18.9 Å². The lowest BCUT2D eigenvalue weighted by Crippen LogP contribution is -2.01. The molecule has 78 valence electrons. The lowest BCUT2D eigenvalue weighted by molar-refractivity contribution is 0.628. The highest BCUT2D eigenvalue weighted by molar-refractivity contribution is 5.43. The molecule has 0 fully saturated rings. The van der Waals surface area contributed by atoms with Crippen molar-refractivity contribution in [3.63, 3.8) is 0 Å². The van der Waals surface area contributed by atoms with Crippen molar-refractivity contribution in [3.05, 3.63) is 48.0 Å². The summed E-state index contributed by atoms with van der Waals surface area (Å²) in [5.74, 6) is -0.235. The number of aryl methyl sites for hydroxylation is 1. The lowest BCUT2D eigenvalue weighted by Gasteiger charge is -2.03. The van der Waals surface area contributed by atoms with Crippen molar-refractivity contribution >= 4 is 5.69 Å². The maximum absolute atomic E-state index is 12.8. The Kier molecular flexibility index (Phi) is 2.67. The van der Waals surface area contributed by atoms with Crippen LogP contribution < -0.4 is 5.32 Å². The minimum absolute atomic E-state index is 0.235. The number of hydrogen-bond acceptors (Lipinski definition) is 2. The van der Waals surface area contributed by atoms with E-state index in [-0.39, 0.29) is 5.82 Å². The van der Waals surface area contributed by atoms with Crippen molar-refractivity contribution in [2.24, 2.45) is 7.05 Å². The van der Waals surface area contributed by atoms with Gasteiger partial charge in [-0.2, -0.15) is 5.10 Å². The van der Waals surface area contributed by atoms with Crippen LogP contribution in [-0.2, 0) is 13.6 Å². The summed E-state index contributed by atoms with van der Waals surface area (Å²) >= 11 is 0. The van der Waals surface area contributed by atoms with Crippen molar-refractivity contribution in [1.82, 2.24) is 9.78 Å². The molecule has 1 N–H and O–H groups in total. The van der Waals surface area contributed by atoms with Gasteiger partial charge in [0.05, 0.1) is 12.2 Å². The minimum Gasteiger partial charge on any atom is -0.379 e. The molecule has 1 aromatic heterocycles. The molecular formula is C11H12FN3. The molecule has 0 amide bonds. The van der Waals surface area contributed by atoms with Crippen molar-refractivity contribution in [1.29, 1.82) is 0 Å². The molecule has 0 unspecified atom stereocenters. The highest BCUT2D eigenvalue weighted by atomic mass is 19.1. The van der Waals surface area contributed by atoms with E-state index in [1.54, 1.807) is 10.7 Å². The van der Waals surface area contributed by atoms with Crippen molar-refractivity contribution < 1.29 is 4.39 Å². The lowest BCUT2D eigenvalue weighted by atomic mass is 10.3. The summed E-state index contributed by atoms with van der Waals surface area (Å²) in [7, 11) is 1.87. The van der Waals surface area contributed by atoms with Gasteiger partial charge in [-0.05, 0) is 24.3 Å². The highest BCUT2D eigenvalue weighted by Crippen LogP contribution is 2.10. The molecule has 0 spiro atoms. The fraction of sp³-hybridized carbons (Fsp3) is 0.182. The van der Waals surface area contributed by atoms with Gasteiger partial charge in [0.25, 0.3) is 0 Å². The first-order chi connectivity index (χ1) is 7.24. The number of benzene rings is 1. The third-order valence-electron chi connectivity index (χ3n) is 2.07. The molecule has 0 saturated heterocycles. The average Bonchev–Trinajstić information content (AvgIpc) is 2.62. The van der Waals surface area contributed by atoms with Gasteiger partial charge in [0.2, 0.25) is 0 Å². The molecule has 0 aliphatic carbocycles. The summed E-state index contributed by atoms with van der Waals surface area (Å²) in [5, 5.41) is 7.31. The second-order valence-electron chi connectivity index (χ2n) is 3.34. The quantitative estimate of drug-likeness (QED) is 0.832. The first-order valence-electron chi connectivity index (χ1n) is 4.72.